The van der Waals surface area contributed by atoms with Crippen LogP contribution in [0.3, 0.4) is 0 Å². The highest BCUT2D eigenvalue weighted by molar-refractivity contribution is 6.09. The molecule has 126 valence electrons. The van der Waals surface area contributed by atoms with Gasteiger partial charge in [0.2, 0.25) is 0 Å². The van der Waals surface area contributed by atoms with Crippen LogP contribution >= 0.6 is 0 Å². The molecule has 1 aromatic heterocycles. The first-order valence-electron chi connectivity index (χ1n) is 6.91. The molecule has 2 heterocycles. The Labute approximate surface area is 132 Å². The van der Waals surface area contributed by atoms with Gasteiger partial charge in [-0.3, -0.25) is 14.8 Å². The third-order valence-electron chi connectivity index (χ3n) is 3.95. The SMILES string of the molecule is CN1N=C(c2c[nH]c(=O)[nH]c2=O)C=C([C@H]2C[C@@H]2C(F)(F)F)C1=C=O. The number of hydrogen-bond donors (Lipinski definition) is 2. The van der Waals surface area contributed by atoms with Crippen molar-refractivity contribution in [1.29, 1.82) is 0 Å². The molecule has 2 N–H and O–H groups in total. The van der Waals surface area contributed by atoms with Gasteiger partial charge in [-0.1, -0.05) is 0 Å². The molecule has 0 bridgehead atoms. The Morgan fingerprint density at radius 3 is 2.62 bits per heavy atom. The minimum Gasteiger partial charge on any atom is -0.313 e. The Morgan fingerprint density at radius 1 is 1.38 bits per heavy atom. The van der Waals surface area contributed by atoms with E-state index in [9.17, 15) is 27.6 Å². The number of aromatic nitrogens is 2. The molecule has 0 radical (unpaired) electrons. The van der Waals surface area contributed by atoms with Crippen molar-refractivity contribution in [3.8, 4) is 0 Å². The summed E-state index contributed by atoms with van der Waals surface area (Å²) in [7, 11) is 1.37. The fourth-order valence-electron chi connectivity index (χ4n) is 2.68. The van der Waals surface area contributed by atoms with Gasteiger partial charge in [0.1, 0.15) is 5.70 Å². The predicted molar refractivity (Wildman–Crippen MR) is 76.9 cm³/mol. The molecule has 10 heteroatoms. The molecule has 1 aliphatic carbocycles. The molecule has 1 fully saturated rings. The topological polar surface area (TPSA) is 98.4 Å². The maximum Gasteiger partial charge on any atom is 0.392 e. The van der Waals surface area contributed by atoms with Crippen LogP contribution in [0.2, 0.25) is 0 Å². The number of hydrogen-bond acceptors (Lipinski definition) is 5. The summed E-state index contributed by atoms with van der Waals surface area (Å²) < 4.78 is 38.5. The van der Waals surface area contributed by atoms with Crippen LogP contribution in [-0.4, -0.2) is 39.9 Å². The fourth-order valence-corrected chi connectivity index (χ4v) is 2.68. The van der Waals surface area contributed by atoms with E-state index < -0.39 is 29.3 Å². The smallest absolute Gasteiger partial charge is 0.313 e. The van der Waals surface area contributed by atoms with E-state index in [4.69, 9.17) is 0 Å². The standard InChI is InChI=1S/C14H11F3N4O3/c1-21-11(5-22)7(6-2-9(6)14(15,16)17)3-10(20-21)8-4-18-13(24)19-12(8)23/h3-4,6,9H,2H2,1H3,(H2,18,19,23,24)/t6-,9+/m1/s1. The van der Waals surface area contributed by atoms with Gasteiger partial charge >= 0.3 is 11.9 Å². The number of carbonyl (C=O) groups excluding carboxylic acids is 1. The molecule has 0 aromatic carbocycles. The highest BCUT2D eigenvalue weighted by atomic mass is 19.4. The van der Waals surface area contributed by atoms with Gasteiger partial charge in [0, 0.05) is 13.2 Å². The summed E-state index contributed by atoms with van der Waals surface area (Å²) in [6.45, 7) is 0. The second-order valence-electron chi connectivity index (χ2n) is 5.54. The number of halogens is 3. The summed E-state index contributed by atoms with van der Waals surface area (Å²) in [6, 6.07) is 0. The molecule has 2 aliphatic rings. The van der Waals surface area contributed by atoms with Crippen LogP contribution in [-0.2, 0) is 4.79 Å². The molecule has 24 heavy (non-hydrogen) atoms. The number of nitrogens with zero attached hydrogens (tertiary/aromatic N) is 2. The first-order chi connectivity index (χ1) is 11.2. The van der Waals surface area contributed by atoms with Crippen molar-refractivity contribution < 1.29 is 18.0 Å². The van der Waals surface area contributed by atoms with E-state index in [2.05, 4.69) is 10.1 Å². The van der Waals surface area contributed by atoms with Crippen LogP contribution in [0, 0.1) is 11.8 Å². The van der Waals surface area contributed by atoms with Crippen LogP contribution in [0.5, 0.6) is 0 Å². The van der Waals surface area contributed by atoms with Crippen molar-refractivity contribution >= 4 is 11.7 Å². The normalized spacial score (nSPS) is 23.5. The van der Waals surface area contributed by atoms with Crippen molar-refractivity contribution in [2.75, 3.05) is 7.05 Å². The van der Waals surface area contributed by atoms with E-state index in [0.29, 0.717) is 0 Å². The minimum absolute atomic E-state index is 0.0203. The van der Waals surface area contributed by atoms with Crippen molar-refractivity contribution in [2.45, 2.75) is 12.6 Å². The summed E-state index contributed by atoms with van der Waals surface area (Å²) in [4.78, 5) is 38.3. The number of aromatic amines is 2. The molecule has 3 rings (SSSR count). The molecule has 0 amide bonds. The third kappa shape index (κ3) is 2.71. The largest absolute Gasteiger partial charge is 0.392 e. The lowest BCUT2D eigenvalue weighted by molar-refractivity contribution is -0.149. The average Bonchev–Trinajstić information content (AvgIpc) is 3.26. The van der Waals surface area contributed by atoms with E-state index in [0.717, 1.165) is 11.2 Å². The van der Waals surface area contributed by atoms with Crippen LogP contribution in [0.4, 0.5) is 13.2 Å². The van der Waals surface area contributed by atoms with E-state index in [-0.39, 0.29) is 29.0 Å². The minimum atomic E-state index is -4.36. The van der Waals surface area contributed by atoms with Crippen molar-refractivity contribution in [2.24, 2.45) is 16.9 Å². The van der Waals surface area contributed by atoms with Gasteiger partial charge in [-0.25, -0.2) is 9.59 Å². The second-order valence-corrected chi connectivity index (χ2v) is 5.54. The first kappa shape index (κ1) is 16.0. The van der Waals surface area contributed by atoms with E-state index in [1.54, 1.807) is 5.94 Å². The highest BCUT2D eigenvalue weighted by Gasteiger charge is 2.58. The van der Waals surface area contributed by atoms with E-state index in [1.807, 2.05) is 4.98 Å². The number of likely N-dealkylation sites (N-methyl/N-ethyl adjacent to an activating group) is 1. The van der Waals surface area contributed by atoms with Crippen LogP contribution in [0.25, 0.3) is 0 Å². The number of alkyl halides is 3. The summed E-state index contributed by atoms with van der Waals surface area (Å²) in [6.07, 6.45) is -2.11. The van der Waals surface area contributed by atoms with E-state index >= 15 is 0 Å². The Kier molecular flexibility index (Phi) is 3.56. The van der Waals surface area contributed by atoms with Crippen molar-refractivity contribution in [1.82, 2.24) is 15.0 Å². The molecule has 1 saturated carbocycles. The lowest BCUT2D eigenvalue weighted by atomic mass is 10.0. The highest BCUT2D eigenvalue weighted by Crippen LogP contribution is 2.55. The van der Waals surface area contributed by atoms with Crippen molar-refractivity contribution in [3.63, 3.8) is 0 Å². The fraction of sp³-hybridized carbons (Fsp3) is 0.357. The van der Waals surface area contributed by atoms with E-state index in [1.165, 1.54) is 13.1 Å². The lowest BCUT2D eigenvalue weighted by Gasteiger charge is -2.23. The van der Waals surface area contributed by atoms with Crippen LogP contribution in [0.1, 0.15) is 12.0 Å². The molecule has 7 nitrogen and oxygen atoms in total. The Hall–Kier alpha value is -2.87. The molecule has 1 aromatic rings. The van der Waals surface area contributed by atoms with Crippen molar-refractivity contribution in [3.05, 3.63) is 49.9 Å². The van der Waals surface area contributed by atoms with Gasteiger partial charge in [0.15, 0.2) is 5.94 Å². The molecular weight excluding hydrogens is 329 g/mol. The maximum atomic E-state index is 12.8. The van der Waals surface area contributed by atoms with Gasteiger partial charge in [-0.05, 0) is 24.0 Å². The second kappa shape index (κ2) is 5.34. The summed E-state index contributed by atoms with van der Waals surface area (Å²) >= 11 is 0. The molecule has 0 unspecified atom stereocenters. The first-order valence-corrected chi connectivity index (χ1v) is 6.91. The zero-order valence-corrected chi connectivity index (χ0v) is 12.3. The van der Waals surface area contributed by atoms with Gasteiger partial charge in [0.05, 0.1) is 17.2 Å². The lowest BCUT2D eigenvalue weighted by Crippen LogP contribution is -2.30. The zero-order chi connectivity index (χ0) is 17.6. The monoisotopic (exact) mass is 340 g/mol. The Bertz CT molecular complexity index is 918. The average molecular weight is 340 g/mol. The Morgan fingerprint density at radius 2 is 2.08 bits per heavy atom. The molecule has 0 saturated heterocycles. The zero-order valence-electron chi connectivity index (χ0n) is 12.3. The molecule has 0 spiro atoms. The number of rotatable bonds is 2. The predicted octanol–water partition coefficient (Wildman–Crippen LogP) is 0.553. The quantitative estimate of drug-likeness (QED) is 0.768. The number of allylic oxidation sites excluding steroid dienone is 2. The molecular formula is C14H11F3N4O3. The van der Waals surface area contributed by atoms with Gasteiger partial charge in [0.25, 0.3) is 5.56 Å². The summed E-state index contributed by atoms with van der Waals surface area (Å²) in [5, 5.41) is 5.07. The van der Waals surface area contributed by atoms with Gasteiger partial charge in [-0.15, -0.1) is 0 Å². The number of nitrogens with one attached hydrogen (secondary N) is 2. The summed E-state index contributed by atoms with van der Waals surface area (Å²) in [5.41, 5.74) is -1.39. The van der Waals surface area contributed by atoms with Crippen LogP contribution < -0.4 is 11.2 Å². The number of H-pyrrole nitrogens is 2. The van der Waals surface area contributed by atoms with Gasteiger partial charge < -0.3 is 4.98 Å². The van der Waals surface area contributed by atoms with Gasteiger partial charge in [-0.2, -0.15) is 18.3 Å². The molecule has 2 atom stereocenters. The van der Waals surface area contributed by atoms with Crippen LogP contribution in [0.15, 0.2) is 38.2 Å². The maximum absolute atomic E-state index is 12.8. The number of hydrazone groups is 1. The molecule has 1 aliphatic heterocycles. The third-order valence-corrected chi connectivity index (χ3v) is 3.95. The summed E-state index contributed by atoms with van der Waals surface area (Å²) in [5.74, 6) is -0.813. The Balaban J connectivity index is 2.05.